The molecule has 0 aliphatic rings. The van der Waals surface area contributed by atoms with Crippen LogP contribution in [0.25, 0.3) is 0 Å². The van der Waals surface area contributed by atoms with Gasteiger partial charge in [0.25, 0.3) is 0 Å². The third-order valence-electron chi connectivity index (χ3n) is 1.70. The van der Waals surface area contributed by atoms with Crippen LogP contribution in [0.2, 0.25) is 0 Å². The minimum Gasteiger partial charge on any atom is -0.467 e. The SMILES string of the molecule is COC(=O)C(O)c1nnn(C(C)(C)C)n1. The highest BCUT2D eigenvalue weighted by atomic mass is 16.5. The van der Waals surface area contributed by atoms with E-state index in [9.17, 15) is 9.90 Å². The molecule has 0 radical (unpaired) electrons. The summed E-state index contributed by atoms with van der Waals surface area (Å²) in [6.07, 6.45) is -1.48. The number of aromatic nitrogens is 4. The van der Waals surface area contributed by atoms with Crippen LogP contribution in [0.4, 0.5) is 0 Å². The largest absolute Gasteiger partial charge is 0.467 e. The van der Waals surface area contributed by atoms with Crippen molar-refractivity contribution >= 4 is 5.97 Å². The molecule has 0 fully saturated rings. The van der Waals surface area contributed by atoms with Gasteiger partial charge in [-0.3, -0.25) is 0 Å². The van der Waals surface area contributed by atoms with Crippen molar-refractivity contribution in [3.8, 4) is 0 Å². The van der Waals surface area contributed by atoms with Crippen molar-refractivity contribution in [1.82, 2.24) is 20.2 Å². The number of aliphatic hydroxyl groups excluding tert-OH is 1. The Kier molecular flexibility index (Phi) is 3.04. The lowest BCUT2D eigenvalue weighted by Crippen LogP contribution is -2.25. The highest BCUT2D eigenvalue weighted by molar-refractivity contribution is 5.74. The summed E-state index contributed by atoms with van der Waals surface area (Å²) in [6.45, 7) is 5.63. The van der Waals surface area contributed by atoms with E-state index in [0.29, 0.717) is 0 Å². The van der Waals surface area contributed by atoms with Crippen LogP contribution in [-0.2, 0) is 15.1 Å². The predicted molar refractivity (Wildman–Crippen MR) is 49.8 cm³/mol. The Balaban J connectivity index is 2.89. The molecule has 84 valence electrons. The van der Waals surface area contributed by atoms with Gasteiger partial charge in [0.2, 0.25) is 11.9 Å². The zero-order valence-corrected chi connectivity index (χ0v) is 9.13. The van der Waals surface area contributed by atoms with Crippen LogP contribution in [0, 0.1) is 0 Å². The van der Waals surface area contributed by atoms with Crippen LogP contribution in [0.15, 0.2) is 0 Å². The van der Waals surface area contributed by atoms with Crippen LogP contribution >= 0.6 is 0 Å². The third-order valence-corrected chi connectivity index (χ3v) is 1.70. The fourth-order valence-corrected chi connectivity index (χ4v) is 0.836. The second-order valence-electron chi connectivity index (χ2n) is 4.03. The number of carbonyl (C=O) groups is 1. The summed E-state index contributed by atoms with van der Waals surface area (Å²) in [5.41, 5.74) is -0.346. The standard InChI is InChI=1S/C8H14N4O3/c1-8(2,3)12-10-6(9-11-12)5(13)7(14)15-4/h5,13H,1-4H3. The van der Waals surface area contributed by atoms with E-state index in [0.717, 1.165) is 0 Å². The van der Waals surface area contributed by atoms with Gasteiger partial charge in [0.05, 0.1) is 12.6 Å². The Morgan fingerprint density at radius 2 is 2.13 bits per heavy atom. The summed E-state index contributed by atoms with van der Waals surface area (Å²) in [6, 6.07) is 0. The maximum absolute atomic E-state index is 11.0. The normalized spacial score (nSPS) is 13.7. The van der Waals surface area contributed by atoms with E-state index in [1.807, 2.05) is 20.8 Å². The smallest absolute Gasteiger partial charge is 0.342 e. The van der Waals surface area contributed by atoms with Crippen molar-refractivity contribution in [3.05, 3.63) is 5.82 Å². The van der Waals surface area contributed by atoms with Crippen LogP contribution in [0.5, 0.6) is 0 Å². The lowest BCUT2D eigenvalue weighted by Gasteiger charge is -2.15. The van der Waals surface area contributed by atoms with E-state index in [1.165, 1.54) is 11.9 Å². The fourth-order valence-electron chi connectivity index (χ4n) is 0.836. The van der Waals surface area contributed by atoms with Crippen molar-refractivity contribution < 1.29 is 14.6 Å². The lowest BCUT2D eigenvalue weighted by molar-refractivity contribution is -0.151. The van der Waals surface area contributed by atoms with Crippen LogP contribution in [0.3, 0.4) is 0 Å². The molecule has 1 rings (SSSR count). The van der Waals surface area contributed by atoms with Gasteiger partial charge in [-0.05, 0) is 26.0 Å². The molecule has 1 aromatic rings. The first kappa shape index (κ1) is 11.6. The van der Waals surface area contributed by atoms with Gasteiger partial charge in [0, 0.05) is 0 Å². The minimum absolute atomic E-state index is 0.0585. The van der Waals surface area contributed by atoms with Crippen molar-refractivity contribution in [1.29, 1.82) is 0 Å². The molecule has 0 spiro atoms. The quantitative estimate of drug-likeness (QED) is 0.676. The number of nitrogens with zero attached hydrogens (tertiary/aromatic N) is 4. The van der Waals surface area contributed by atoms with Gasteiger partial charge >= 0.3 is 5.97 Å². The number of ether oxygens (including phenoxy) is 1. The van der Waals surface area contributed by atoms with Crippen LogP contribution in [-0.4, -0.2) is 38.4 Å². The topological polar surface area (TPSA) is 90.1 Å². The number of rotatable bonds is 2. The molecular weight excluding hydrogens is 200 g/mol. The summed E-state index contributed by atoms with van der Waals surface area (Å²) in [7, 11) is 1.18. The van der Waals surface area contributed by atoms with Gasteiger partial charge in [-0.1, -0.05) is 0 Å². The summed E-state index contributed by atoms with van der Waals surface area (Å²) in [5, 5.41) is 20.6. The summed E-state index contributed by atoms with van der Waals surface area (Å²) < 4.78 is 4.36. The molecule has 1 atom stereocenters. The van der Waals surface area contributed by atoms with E-state index in [2.05, 4.69) is 20.1 Å². The number of aliphatic hydroxyl groups is 1. The van der Waals surface area contributed by atoms with E-state index < -0.39 is 12.1 Å². The first-order valence-electron chi connectivity index (χ1n) is 4.42. The number of hydrogen-bond acceptors (Lipinski definition) is 6. The molecule has 1 aromatic heterocycles. The molecule has 0 aliphatic carbocycles. The first-order chi connectivity index (χ1) is 6.86. The Morgan fingerprint density at radius 3 is 2.53 bits per heavy atom. The fraction of sp³-hybridized carbons (Fsp3) is 0.750. The number of tetrazole rings is 1. The van der Waals surface area contributed by atoms with Gasteiger partial charge in [0.15, 0.2) is 0 Å². The van der Waals surface area contributed by atoms with Gasteiger partial charge in [0.1, 0.15) is 0 Å². The molecule has 15 heavy (non-hydrogen) atoms. The Hall–Kier alpha value is -1.50. The molecular formula is C8H14N4O3. The number of hydrogen-bond donors (Lipinski definition) is 1. The maximum atomic E-state index is 11.0. The van der Waals surface area contributed by atoms with Crippen LogP contribution < -0.4 is 0 Å². The van der Waals surface area contributed by atoms with E-state index in [4.69, 9.17) is 0 Å². The molecule has 0 amide bonds. The molecule has 0 saturated heterocycles. The van der Waals surface area contributed by atoms with Gasteiger partial charge < -0.3 is 9.84 Å². The molecule has 0 saturated carbocycles. The predicted octanol–water partition coefficient (Wildman–Crippen LogP) is -0.366. The minimum atomic E-state index is -1.48. The Morgan fingerprint density at radius 1 is 1.53 bits per heavy atom. The second kappa shape index (κ2) is 3.93. The number of methoxy groups -OCH3 is 1. The average Bonchev–Trinajstić information content (AvgIpc) is 2.63. The van der Waals surface area contributed by atoms with E-state index in [-0.39, 0.29) is 11.4 Å². The van der Waals surface area contributed by atoms with Crippen molar-refractivity contribution in [2.24, 2.45) is 0 Å². The number of carbonyl (C=O) groups excluding carboxylic acids is 1. The zero-order chi connectivity index (χ0) is 11.6. The van der Waals surface area contributed by atoms with Crippen molar-refractivity contribution in [3.63, 3.8) is 0 Å². The second-order valence-corrected chi connectivity index (χ2v) is 4.03. The molecule has 1 unspecified atom stereocenters. The maximum Gasteiger partial charge on any atom is 0.342 e. The molecule has 0 aromatic carbocycles. The molecule has 1 N–H and O–H groups in total. The van der Waals surface area contributed by atoms with E-state index in [1.54, 1.807) is 0 Å². The van der Waals surface area contributed by atoms with Crippen molar-refractivity contribution in [2.75, 3.05) is 7.11 Å². The first-order valence-corrected chi connectivity index (χ1v) is 4.42. The monoisotopic (exact) mass is 214 g/mol. The highest BCUT2D eigenvalue weighted by Gasteiger charge is 2.25. The average molecular weight is 214 g/mol. The summed E-state index contributed by atoms with van der Waals surface area (Å²) in [5.74, 6) is -0.861. The van der Waals surface area contributed by atoms with Crippen LogP contribution in [0.1, 0.15) is 32.7 Å². The molecule has 1 heterocycles. The Bertz CT molecular complexity index is 355. The Labute approximate surface area is 87.0 Å². The molecule has 7 nitrogen and oxygen atoms in total. The number of esters is 1. The molecule has 0 aliphatic heterocycles. The zero-order valence-electron chi connectivity index (χ0n) is 9.13. The summed E-state index contributed by atoms with van der Waals surface area (Å²) >= 11 is 0. The highest BCUT2D eigenvalue weighted by Crippen LogP contribution is 2.12. The van der Waals surface area contributed by atoms with Crippen molar-refractivity contribution in [2.45, 2.75) is 32.4 Å². The summed E-state index contributed by atoms with van der Waals surface area (Å²) in [4.78, 5) is 12.3. The van der Waals surface area contributed by atoms with Gasteiger partial charge in [-0.2, -0.15) is 4.80 Å². The lowest BCUT2D eigenvalue weighted by atomic mass is 10.1. The molecule has 0 bridgehead atoms. The molecule has 7 heteroatoms. The van der Waals surface area contributed by atoms with E-state index >= 15 is 0 Å². The third kappa shape index (κ3) is 2.50. The van der Waals surface area contributed by atoms with Gasteiger partial charge in [-0.25, -0.2) is 4.79 Å². The van der Waals surface area contributed by atoms with Gasteiger partial charge in [-0.15, -0.1) is 10.2 Å².